The smallest absolute Gasteiger partial charge is 0.161 e. The number of hydrogen-bond donors (Lipinski definition) is 1. The normalized spacial score (nSPS) is 11.9. The van der Waals surface area contributed by atoms with E-state index in [9.17, 15) is 5.11 Å². The summed E-state index contributed by atoms with van der Waals surface area (Å²) >= 11 is 3.45. The van der Waals surface area contributed by atoms with E-state index in [0.29, 0.717) is 22.8 Å². The highest BCUT2D eigenvalue weighted by molar-refractivity contribution is 9.10. The van der Waals surface area contributed by atoms with Gasteiger partial charge in [-0.05, 0) is 35.9 Å². The molecule has 0 spiro atoms. The molecule has 1 unspecified atom stereocenters. The van der Waals surface area contributed by atoms with E-state index in [4.69, 9.17) is 14.2 Å². The maximum atomic E-state index is 10.6. The van der Waals surface area contributed by atoms with Crippen LogP contribution in [0.15, 0.2) is 40.9 Å². The van der Waals surface area contributed by atoms with Gasteiger partial charge in [0.2, 0.25) is 0 Å². The highest BCUT2D eigenvalue weighted by Crippen LogP contribution is 2.35. The molecule has 0 fully saturated rings. The van der Waals surface area contributed by atoms with Crippen LogP contribution in [-0.2, 0) is 0 Å². The first kappa shape index (κ1) is 15.7. The van der Waals surface area contributed by atoms with Gasteiger partial charge in [0, 0.05) is 10.0 Å². The summed E-state index contributed by atoms with van der Waals surface area (Å²) in [5, 5.41) is 10.6. The molecule has 1 atom stereocenters. The van der Waals surface area contributed by atoms with E-state index in [1.807, 2.05) is 12.1 Å². The third-order valence-electron chi connectivity index (χ3n) is 3.22. The Hall–Kier alpha value is -1.72. The SMILES string of the molecule is COc1ccc(Br)c(C(O)c2ccc(OC)c(OC)c2)c1. The maximum absolute atomic E-state index is 10.6. The molecule has 21 heavy (non-hydrogen) atoms. The van der Waals surface area contributed by atoms with Crippen molar-refractivity contribution in [1.29, 1.82) is 0 Å². The fourth-order valence-corrected chi connectivity index (χ4v) is 2.52. The van der Waals surface area contributed by atoms with E-state index in [0.717, 1.165) is 10.0 Å². The number of benzene rings is 2. The lowest BCUT2D eigenvalue weighted by molar-refractivity contribution is 0.218. The Labute approximate surface area is 132 Å². The van der Waals surface area contributed by atoms with Gasteiger partial charge in [-0.1, -0.05) is 22.0 Å². The van der Waals surface area contributed by atoms with E-state index in [2.05, 4.69) is 15.9 Å². The minimum atomic E-state index is -0.797. The van der Waals surface area contributed by atoms with Crippen LogP contribution in [0.2, 0.25) is 0 Å². The fraction of sp³-hybridized carbons (Fsp3) is 0.250. The molecule has 2 rings (SSSR count). The second-order valence-electron chi connectivity index (χ2n) is 4.40. The molecule has 0 radical (unpaired) electrons. The molecule has 0 bridgehead atoms. The number of methoxy groups -OCH3 is 3. The summed E-state index contributed by atoms with van der Waals surface area (Å²) in [5.74, 6) is 1.89. The Balaban J connectivity index is 2.42. The van der Waals surface area contributed by atoms with Gasteiger partial charge in [-0.25, -0.2) is 0 Å². The monoisotopic (exact) mass is 352 g/mol. The molecule has 112 valence electrons. The van der Waals surface area contributed by atoms with Crippen LogP contribution >= 0.6 is 15.9 Å². The van der Waals surface area contributed by atoms with Crippen molar-refractivity contribution in [2.75, 3.05) is 21.3 Å². The van der Waals surface area contributed by atoms with Gasteiger partial charge in [-0.3, -0.25) is 0 Å². The topological polar surface area (TPSA) is 47.9 Å². The lowest BCUT2D eigenvalue weighted by Crippen LogP contribution is -2.02. The first-order valence-corrected chi connectivity index (χ1v) is 7.13. The number of aliphatic hydroxyl groups is 1. The molecule has 1 N–H and O–H groups in total. The zero-order valence-corrected chi connectivity index (χ0v) is 13.7. The predicted molar refractivity (Wildman–Crippen MR) is 84.3 cm³/mol. The molecule has 0 heterocycles. The molecule has 0 aromatic heterocycles. The predicted octanol–water partition coefficient (Wildman–Crippen LogP) is 3.56. The molecule has 5 heteroatoms. The quantitative estimate of drug-likeness (QED) is 0.893. The van der Waals surface area contributed by atoms with Crippen molar-refractivity contribution in [3.8, 4) is 17.2 Å². The molecular formula is C16H17BrO4. The molecule has 2 aromatic rings. The highest BCUT2D eigenvalue weighted by Gasteiger charge is 2.17. The second kappa shape index (κ2) is 6.83. The zero-order chi connectivity index (χ0) is 15.4. The summed E-state index contributed by atoms with van der Waals surface area (Å²) in [6.07, 6.45) is -0.797. The second-order valence-corrected chi connectivity index (χ2v) is 5.26. The lowest BCUT2D eigenvalue weighted by atomic mass is 10.0. The van der Waals surface area contributed by atoms with Gasteiger partial charge in [0.25, 0.3) is 0 Å². The van der Waals surface area contributed by atoms with Crippen molar-refractivity contribution in [1.82, 2.24) is 0 Å². The largest absolute Gasteiger partial charge is 0.497 e. The molecular weight excluding hydrogens is 336 g/mol. The third kappa shape index (κ3) is 3.31. The first-order valence-electron chi connectivity index (χ1n) is 6.34. The third-order valence-corrected chi connectivity index (χ3v) is 3.94. The Morgan fingerprint density at radius 2 is 1.62 bits per heavy atom. The van der Waals surface area contributed by atoms with E-state index < -0.39 is 6.10 Å². The van der Waals surface area contributed by atoms with Crippen molar-refractivity contribution < 1.29 is 19.3 Å². The van der Waals surface area contributed by atoms with Gasteiger partial charge in [0.05, 0.1) is 21.3 Å². The van der Waals surface area contributed by atoms with Crippen LogP contribution in [0.3, 0.4) is 0 Å². The Morgan fingerprint density at radius 1 is 0.905 bits per heavy atom. The van der Waals surface area contributed by atoms with E-state index in [-0.39, 0.29) is 0 Å². The minimum Gasteiger partial charge on any atom is -0.497 e. The minimum absolute atomic E-state index is 0.577. The van der Waals surface area contributed by atoms with Gasteiger partial charge in [0.15, 0.2) is 11.5 Å². The average molecular weight is 353 g/mol. The Bertz CT molecular complexity index is 628. The van der Waals surface area contributed by atoms with E-state index in [1.54, 1.807) is 45.6 Å². The first-order chi connectivity index (χ1) is 10.1. The molecule has 2 aromatic carbocycles. The van der Waals surface area contributed by atoms with Crippen LogP contribution in [0.4, 0.5) is 0 Å². The molecule has 4 nitrogen and oxygen atoms in total. The highest BCUT2D eigenvalue weighted by atomic mass is 79.9. The molecule has 0 aliphatic heterocycles. The van der Waals surface area contributed by atoms with Crippen molar-refractivity contribution >= 4 is 15.9 Å². The van der Waals surface area contributed by atoms with Crippen LogP contribution in [-0.4, -0.2) is 26.4 Å². The van der Waals surface area contributed by atoms with Crippen LogP contribution in [0.1, 0.15) is 17.2 Å². The number of ether oxygens (including phenoxy) is 3. The van der Waals surface area contributed by atoms with Gasteiger partial charge in [-0.2, -0.15) is 0 Å². The van der Waals surface area contributed by atoms with Crippen LogP contribution in [0.5, 0.6) is 17.2 Å². The standard InChI is InChI=1S/C16H17BrO4/c1-19-11-5-6-13(17)12(9-11)16(18)10-4-7-14(20-2)15(8-10)21-3/h4-9,16,18H,1-3H3. The molecule has 0 amide bonds. The summed E-state index contributed by atoms with van der Waals surface area (Å²) in [6, 6.07) is 10.8. The number of aliphatic hydroxyl groups excluding tert-OH is 1. The number of rotatable bonds is 5. The van der Waals surface area contributed by atoms with Gasteiger partial charge in [-0.15, -0.1) is 0 Å². The van der Waals surface area contributed by atoms with E-state index >= 15 is 0 Å². The number of hydrogen-bond acceptors (Lipinski definition) is 4. The maximum Gasteiger partial charge on any atom is 0.161 e. The summed E-state index contributed by atoms with van der Waals surface area (Å²) in [7, 11) is 4.73. The summed E-state index contributed by atoms with van der Waals surface area (Å²) in [4.78, 5) is 0. The van der Waals surface area contributed by atoms with Crippen LogP contribution in [0.25, 0.3) is 0 Å². The summed E-state index contributed by atoms with van der Waals surface area (Å²) < 4.78 is 16.5. The lowest BCUT2D eigenvalue weighted by Gasteiger charge is -2.16. The summed E-state index contributed by atoms with van der Waals surface area (Å²) in [6.45, 7) is 0. The van der Waals surface area contributed by atoms with Gasteiger partial charge < -0.3 is 19.3 Å². The molecule has 0 aliphatic carbocycles. The van der Waals surface area contributed by atoms with E-state index in [1.165, 1.54) is 0 Å². The zero-order valence-electron chi connectivity index (χ0n) is 12.1. The average Bonchev–Trinajstić information content (AvgIpc) is 2.54. The van der Waals surface area contributed by atoms with Gasteiger partial charge >= 0.3 is 0 Å². The van der Waals surface area contributed by atoms with Crippen molar-refractivity contribution in [2.45, 2.75) is 6.10 Å². The van der Waals surface area contributed by atoms with Crippen molar-refractivity contribution in [2.24, 2.45) is 0 Å². The van der Waals surface area contributed by atoms with Gasteiger partial charge in [0.1, 0.15) is 11.9 Å². The molecule has 0 saturated heterocycles. The Morgan fingerprint density at radius 3 is 2.24 bits per heavy atom. The summed E-state index contributed by atoms with van der Waals surface area (Å²) in [5.41, 5.74) is 1.43. The van der Waals surface area contributed by atoms with Crippen LogP contribution < -0.4 is 14.2 Å². The Kier molecular flexibility index (Phi) is 5.09. The van der Waals surface area contributed by atoms with Crippen molar-refractivity contribution in [3.05, 3.63) is 52.0 Å². The number of halogens is 1. The molecule has 0 saturated carbocycles. The molecule has 0 aliphatic rings. The fourth-order valence-electron chi connectivity index (χ4n) is 2.06. The van der Waals surface area contributed by atoms with Crippen molar-refractivity contribution in [3.63, 3.8) is 0 Å². The van der Waals surface area contributed by atoms with Crippen LogP contribution in [0, 0.1) is 0 Å².